The number of hydrogen-bond donors (Lipinski definition) is 1. The quantitative estimate of drug-likeness (QED) is 0.711. The van der Waals surface area contributed by atoms with Gasteiger partial charge in [0, 0.05) is 0 Å². The highest BCUT2D eigenvalue weighted by molar-refractivity contribution is 4.80. The average Bonchev–Trinajstić information content (AvgIpc) is 2.16. The highest BCUT2D eigenvalue weighted by atomic mass is 14.5. The second kappa shape index (κ2) is 4.99. The van der Waals surface area contributed by atoms with Gasteiger partial charge in [0.1, 0.15) is 0 Å². The third-order valence-electron chi connectivity index (χ3n) is 3.74. The molecule has 13 heavy (non-hydrogen) atoms. The Bertz CT molecular complexity index is 134. The minimum absolute atomic E-state index is 0.541. The molecule has 0 aliphatic heterocycles. The van der Waals surface area contributed by atoms with Gasteiger partial charge in [-0.2, -0.15) is 0 Å². The summed E-state index contributed by atoms with van der Waals surface area (Å²) in [6, 6.07) is 0. The summed E-state index contributed by atoms with van der Waals surface area (Å²) in [7, 11) is 0. The van der Waals surface area contributed by atoms with Crippen LogP contribution in [0.15, 0.2) is 0 Å². The van der Waals surface area contributed by atoms with Crippen molar-refractivity contribution in [1.29, 1.82) is 0 Å². The Kier molecular flexibility index (Phi) is 4.24. The van der Waals surface area contributed by atoms with Crippen molar-refractivity contribution in [3.8, 4) is 0 Å². The van der Waals surface area contributed by atoms with Crippen molar-refractivity contribution in [1.82, 2.24) is 0 Å². The summed E-state index contributed by atoms with van der Waals surface area (Å²) < 4.78 is 0. The second-order valence-corrected chi connectivity index (χ2v) is 5.22. The molecule has 0 atom stereocenters. The molecule has 0 spiro atoms. The molecule has 1 saturated carbocycles. The molecule has 0 aromatic rings. The zero-order valence-corrected chi connectivity index (χ0v) is 9.31. The zero-order chi connectivity index (χ0) is 9.73. The lowest BCUT2D eigenvalue weighted by atomic mass is 9.69. The van der Waals surface area contributed by atoms with E-state index in [0.717, 1.165) is 12.5 Å². The van der Waals surface area contributed by atoms with Crippen molar-refractivity contribution in [2.75, 3.05) is 6.54 Å². The Hall–Kier alpha value is -0.0400. The molecule has 0 heterocycles. The number of rotatable bonds is 4. The van der Waals surface area contributed by atoms with Gasteiger partial charge in [-0.3, -0.25) is 0 Å². The largest absolute Gasteiger partial charge is 0.330 e. The lowest BCUT2D eigenvalue weighted by Gasteiger charge is -2.37. The van der Waals surface area contributed by atoms with Crippen LogP contribution in [0.25, 0.3) is 0 Å². The molecule has 1 aliphatic carbocycles. The van der Waals surface area contributed by atoms with Gasteiger partial charge in [0.15, 0.2) is 0 Å². The summed E-state index contributed by atoms with van der Waals surface area (Å²) in [6.07, 6.45) is 9.80. The molecule has 1 heteroatoms. The van der Waals surface area contributed by atoms with Crippen LogP contribution in [0.5, 0.6) is 0 Å². The fourth-order valence-corrected chi connectivity index (χ4v) is 2.65. The van der Waals surface area contributed by atoms with Gasteiger partial charge >= 0.3 is 0 Å². The van der Waals surface area contributed by atoms with Crippen LogP contribution in [0.3, 0.4) is 0 Å². The Labute approximate surface area is 83.1 Å². The van der Waals surface area contributed by atoms with Gasteiger partial charge in [-0.1, -0.05) is 33.1 Å². The van der Waals surface area contributed by atoms with Gasteiger partial charge in [-0.15, -0.1) is 0 Å². The number of nitrogens with two attached hydrogens (primary N) is 1. The van der Waals surface area contributed by atoms with Crippen LogP contribution >= 0.6 is 0 Å². The summed E-state index contributed by atoms with van der Waals surface area (Å²) in [5.74, 6) is 0.966. The molecular formula is C12H25N. The molecule has 0 unspecified atom stereocenters. The maximum absolute atomic E-state index is 5.57. The Morgan fingerprint density at radius 2 is 1.77 bits per heavy atom. The molecule has 0 bridgehead atoms. The molecule has 0 aromatic heterocycles. The highest BCUT2D eigenvalue weighted by Crippen LogP contribution is 2.40. The predicted octanol–water partition coefficient (Wildman–Crippen LogP) is 3.33. The minimum atomic E-state index is 0.541. The molecule has 0 aromatic carbocycles. The standard InChI is InChI=1S/C12H25N/c1-12(2,9-6-10-13)11-7-4-3-5-8-11/h11H,3-10,13H2,1-2H3. The van der Waals surface area contributed by atoms with E-state index in [1.54, 1.807) is 0 Å². The first-order valence-electron chi connectivity index (χ1n) is 5.87. The maximum atomic E-state index is 5.57. The minimum Gasteiger partial charge on any atom is -0.330 e. The zero-order valence-electron chi connectivity index (χ0n) is 9.31. The Morgan fingerprint density at radius 3 is 2.31 bits per heavy atom. The smallest absolute Gasteiger partial charge is 0.00771 e. The Morgan fingerprint density at radius 1 is 1.15 bits per heavy atom. The predicted molar refractivity (Wildman–Crippen MR) is 58.6 cm³/mol. The molecule has 1 rings (SSSR count). The van der Waals surface area contributed by atoms with Crippen molar-refractivity contribution in [3.63, 3.8) is 0 Å². The van der Waals surface area contributed by atoms with Crippen LogP contribution in [0.1, 0.15) is 58.8 Å². The van der Waals surface area contributed by atoms with E-state index >= 15 is 0 Å². The van der Waals surface area contributed by atoms with Gasteiger partial charge in [0.05, 0.1) is 0 Å². The molecule has 1 nitrogen and oxygen atoms in total. The summed E-state index contributed by atoms with van der Waals surface area (Å²) >= 11 is 0. The molecule has 0 amide bonds. The van der Waals surface area contributed by atoms with E-state index in [9.17, 15) is 0 Å². The molecule has 1 fully saturated rings. The van der Waals surface area contributed by atoms with Gasteiger partial charge in [-0.25, -0.2) is 0 Å². The number of hydrogen-bond acceptors (Lipinski definition) is 1. The van der Waals surface area contributed by atoms with E-state index in [1.165, 1.54) is 44.9 Å². The maximum Gasteiger partial charge on any atom is -0.00771 e. The van der Waals surface area contributed by atoms with Crippen LogP contribution in [-0.2, 0) is 0 Å². The second-order valence-electron chi connectivity index (χ2n) is 5.22. The topological polar surface area (TPSA) is 26.0 Å². The van der Waals surface area contributed by atoms with Crippen molar-refractivity contribution in [2.24, 2.45) is 17.1 Å². The van der Waals surface area contributed by atoms with Crippen LogP contribution < -0.4 is 5.73 Å². The van der Waals surface area contributed by atoms with Crippen LogP contribution in [0, 0.1) is 11.3 Å². The van der Waals surface area contributed by atoms with Crippen molar-refractivity contribution < 1.29 is 0 Å². The van der Waals surface area contributed by atoms with Gasteiger partial charge in [0.2, 0.25) is 0 Å². The first-order chi connectivity index (χ1) is 6.17. The third-order valence-corrected chi connectivity index (χ3v) is 3.74. The van der Waals surface area contributed by atoms with Gasteiger partial charge in [-0.05, 0) is 43.6 Å². The summed E-state index contributed by atoms with van der Waals surface area (Å²) in [5.41, 5.74) is 6.11. The van der Waals surface area contributed by atoms with Gasteiger partial charge < -0.3 is 5.73 Å². The lowest BCUT2D eigenvalue weighted by molar-refractivity contribution is 0.144. The highest BCUT2D eigenvalue weighted by Gasteiger charge is 2.29. The fraction of sp³-hybridized carbons (Fsp3) is 1.00. The van der Waals surface area contributed by atoms with Crippen LogP contribution in [0.4, 0.5) is 0 Å². The average molecular weight is 183 g/mol. The molecule has 0 radical (unpaired) electrons. The first-order valence-corrected chi connectivity index (χ1v) is 5.87. The summed E-state index contributed by atoms with van der Waals surface area (Å²) in [6.45, 7) is 5.72. The van der Waals surface area contributed by atoms with Gasteiger partial charge in [0.25, 0.3) is 0 Å². The summed E-state index contributed by atoms with van der Waals surface area (Å²) in [4.78, 5) is 0. The third kappa shape index (κ3) is 3.30. The van der Waals surface area contributed by atoms with E-state index in [2.05, 4.69) is 13.8 Å². The molecule has 2 N–H and O–H groups in total. The van der Waals surface area contributed by atoms with E-state index in [0.29, 0.717) is 5.41 Å². The van der Waals surface area contributed by atoms with Crippen LogP contribution in [-0.4, -0.2) is 6.54 Å². The van der Waals surface area contributed by atoms with E-state index in [-0.39, 0.29) is 0 Å². The van der Waals surface area contributed by atoms with Crippen molar-refractivity contribution >= 4 is 0 Å². The fourth-order valence-electron chi connectivity index (χ4n) is 2.65. The van der Waals surface area contributed by atoms with Crippen molar-refractivity contribution in [2.45, 2.75) is 58.8 Å². The first kappa shape index (κ1) is 11.0. The molecular weight excluding hydrogens is 158 g/mol. The molecule has 78 valence electrons. The molecule has 0 saturated heterocycles. The van der Waals surface area contributed by atoms with Crippen LogP contribution in [0.2, 0.25) is 0 Å². The normalized spacial score (nSPS) is 20.5. The van der Waals surface area contributed by atoms with E-state index in [4.69, 9.17) is 5.73 Å². The van der Waals surface area contributed by atoms with Crippen molar-refractivity contribution in [3.05, 3.63) is 0 Å². The Balaban J connectivity index is 2.36. The SMILES string of the molecule is CC(C)(CCCN)C1CCCCC1. The summed E-state index contributed by atoms with van der Waals surface area (Å²) in [5, 5.41) is 0. The monoisotopic (exact) mass is 183 g/mol. The lowest BCUT2D eigenvalue weighted by Crippen LogP contribution is -2.26. The van der Waals surface area contributed by atoms with E-state index < -0.39 is 0 Å². The van der Waals surface area contributed by atoms with E-state index in [1.807, 2.05) is 0 Å². The molecule has 1 aliphatic rings.